The lowest BCUT2D eigenvalue weighted by molar-refractivity contribution is -0.360. The summed E-state index contributed by atoms with van der Waals surface area (Å²) in [6.45, 7) is 5.60. The second-order valence-electron chi connectivity index (χ2n) is 33.9. The normalized spacial score (nSPS) is 25.0. The van der Waals surface area contributed by atoms with Crippen LogP contribution in [0.5, 0.6) is 0 Å². The molecule has 0 bridgehead atoms. The zero-order valence-corrected chi connectivity index (χ0v) is 74.2. The van der Waals surface area contributed by atoms with E-state index in [2.05, 4.69) is 39.8 Å². The summed E-state index contributed by atoms with van der Waals surface area (Å²) in [5.41, 5.74) is 0. The van der Waals surface area contributed by atoms with Gasteiger partial charge < -0.3 is 88.7 Å². The minimum atomic E-state index is -5.81. The molecule has 26 heteroatoms. The van der Waals surface area contributed by atoms with Gasteiger partial charge in [-0.2, -0.15) is 0 Å². The van der Waals surface area contributed by atoms with E-state index >= 15 is 0 Å². The molecule has 0 spiro atoms. The van der Waals surface area contributed by atoms with Crippen molar-refractivity contribution < 1.29 is 122 Å². The largest absolute Gasteiger partial charge is 0.472 e. The molecule has 10 N–H and O–H groups in total. The van der Waals surface area contributed by atoms with Crippen LogP contribution >= 0.6 is 7.82 Å². The SMILES string of the molecule is CCCCCCCC/C=C\CCCCCC(=O)OC(COC(=O)CCCCCCCCCCCCCCCCCC)COP(=O)(O)OC1C(OC2OC(CO)C(O)C(O)C2O)C(O)C(O)C(OC(=O)CCCCCCCCCCCCCCCCCC)C1OC1OC(COC(=O)CCCCCCCCCCCCCCC)C(O)C(O)C1O. The van der Waals surface area contributed by atoms with Crippen LogP contribution in [0, 0.1) is 0 Å². The fourth-order valence-electron chi connectivity index (χ4n) is 15.7. The summed E-state index contributed by atoms with van der Waals surface area (Å²) in [6, 6.07) is 0. The maximum atomic E-state index is 14.9. The van der Waals surface area contributed by atoms with Crippen molar-refractivity contribution in [3.05, 3.63) is 12.2 Å². The van der Waals surface area contributed by atoms with E-state index in [1.165, 1.54) is 199 Å². The third-order valence-electron chi connectivity index (χ3n) is 23.3. The number of phosphoric ester groups is 1. The number of carbonyl (C=O) groups excluding carboxylic acids is 4. The van der Waals surface area contributed by atoms with Gasteiger partial charge in [0.15, 0.2) is 24.8 Å². The number of aliphatic hydroxyl groups is 9. The number of allylic oxidation sites excluding steroid dienone is 2. The summed E-state index contributed by atoms with van der Waals surface area (Å²) in [5.74, 6) is -2.97. The van der Waals surface area contributed by atoms with Crippen LogP contribution in [0.4, 0.5) is 0 Å². The molecule has 2 saturated heterocycles. The first-order chi connectivity index (χ1) is 56.7. The Morgan fingerprint density at radius 2 is 0.641 bits per heavy atom. The summed E-state index contributed by atoms with van der Waals surface area (Å²) in [7, 11) is -5.81. The topological polar surface area (TPSA) is 380 Å². The van der Waals surface area contributed by atoms with Gasteiger partial charge in [0.05, 0.1) is 13.2 Å². The number of ether oxygens (including phenoxy) is 8. The van der Waals surface area contributed by atoms with Gasteiger partial charge in [0, 0.05) is 25.7 Å². The van der Waals surface area contributed by atoms with Gasteiger partial charge in [0.2, 0.25) is 0 Å². The molecule has 0 aromatic rings. The molecule has 0 radical (unpaired) electrons. The van der Waals surface area contributed by atoms with Gasteiger partial charge in [-0.25, -0.2) is 4.57 Å². The molecule has 25 nitrogen and oxygen atoms in total. The third kappa shape index (κ3) is 50.7. The lowest BCUT2D eigenvalue weighted by Crippen LogP contribution is -2.70. The Morgan fingerprint density at radius 3 is 1.03 bits per heavy atom. The van der Waals surface area contributed by atoms with Crippen molar-refractivity contribution in [3.63, 3.8) is 0 Å². The molecule has 18 atom stereocenters. The Labute approximate surface area is 705 Å². The maximum absolute atomic E-state index is 14.9. The van der Waals surface area contributed by atoms with Crippen LogP contribution in [0.3, 0.4) is 0 Å². The monoisotopic (exact) mass is 1690 g/mol. The molecule has 117 heavy (non-hydrogen) atoms. The Morgan fingerprint density at radius 1 is 0.333 bits per heavy atom. The van der Waals surface area contributed by atoms with Gasteiger partial charge in [0.25, 0.3) is 0 Å². The number of esters is 4. The fourth-order valence-corrected chi connectivity index (χ4v) is 16.7. The van der Waals surface area contributed by atoms with Crippen LogP contribution in [-0.2, 0) is 70.7 Å². The molecule has 2 aliphatic heterocycles. The van der Waals surface area contributed by atoms with Crippen molar-refractivity contribution in [3.8, 4) is 0 Å². The summed E-state index contributed by atoms with van der Waals surface area (Å²) in [4.78, 5) is 66.4. The van der Waals surface area contributed by atoms with E-state index in [9.17, 15) is 74.6 Å². The van der Waals surface area contributed by atoms with Crippen molar-refractivity contribution >= 4 is 31.7 Å². The molecule has 0 aromatic carbocycles. The van der Waals surface area contributed by atoms with E-state index in [1.54, 1.807) is 0 Å². The highest BCUT2D eigenvalue weighted by molar-refractivity contribution is 7.47. The lowest BCUT2D eigenvalue weighted by atomic mass is 9.84. The maximum Gasteiger partial charge on any atom is 0.472 e. The predicted octanol–water partition coefficient (Wildman–Crippen LogP) is 17.6. The number of phosphoric acid groups is 1. The highest BCUT2D eigenvalue weighted by Crippen LogP contribution is 2.49. The first kappa shape index (κ1) is 108. The van der Waals surface area contributed by atoms with Crippen LogP contribution < -0.4 is 0 Å². The Bertz CT molecular complexity index is 2480. The summed E-state index contributed by atoms with van der Waals surface area (Å²) in [5, 5.41) is 102. The van der Waals surface area contributed by atoms with Crippen LogP contribution in [0.2, 0.25) is 0 Å². The molecule has 0 aromatic heterocycles. The van der Waals surface area contributed by atoms with E-state index in [4.69, 9.17) is 46.9 Å². The fraction of sp³-hybridized carbons (Fsp3) is 0.934. The first-order valence-electron chi connectivity index (χ1n) is 47.4. The average molecular weight is 1690 g/mol. The van der Waals surface area contributed by atoms with E-state index in [0.717, 1.165) is 122 Å². The highest BCUT2D eigenvalue weighted by Gasteiger charge is 2.60. The zero-order chi connectivity index (χ0) is 85.4. The van der Waals surface area contributed by atoms with Crippen LogP contribution in [0.15, 0.2) is 12.2 Å². The Hall–Kier alpha value is -2.79. The lowest BCUT2D eigenvalue weighted by Gasteiger charge is -2.50. The van der Waals surface area contributed by atoms with Crippen LogP contribution in [0.25, 0.3) is 0 Å². The molecule has 3 fully saturated rings. The minimum Gasteiger partial charge on any atom is -0.463 e. The van der Waals surface area contributed by atoms with E-state index in [0.29, 0.717) is 38.5 Å². The number of carbonyl (C=O) groups is 4. The van der Waals surface area contributed by atoms with E-state index in [-0.39, 0.29) is 25.7 Å². The summed E-state index contributed by atoms with van der Waals surface area (Å²) < 4.78 is 73.4. The van der Waals surface area contributed by atoms with Crippen molar-refractivity contribution in [1.29, 1.82) is 0 Å². The van der Waals surface area contributed by atoms with Gasteiger partial charge in [0.1, 0.15) is 92.6 Å². The third-order valence-corrected chi connectivity index (χ3v) is 24.3. The van der Waals surface area contributed by atoms with Crippen LogP contribution in [0.1, 0.15) is 413 Å². The van der Waals surface area contributed by atoms with Crippen molar-refractivity contribution in [2.75, 3.05) is 26.4 Å². The Kier molecular flexibility index (Phi) is 65.3. The second-order valence-corrected chi connectivity index (χ2v) is 35.3. The average Bonchev–Trinajstić information content (AvgIpc) is 0.754. The van der Waals surface area contributed by atoms with Gasteiger partial charge in [-0.1, -0.05) is 348 Å². The standard InChI is InChI=1S/C91H169O25P/c1-5-9-13-17-21-25-29-33-35-37-41-44-47-51-55-59-63-74(93)107-68-71(110-76(95)65-61-57-53-49-45-40-32-28-24-20-16-12-8-4)69-109-117(105,106)116-89-87(114-90-84(103)80(99)78(97)72(67-92)111-90)83(102)82(101)86(113-77(96)66-62-58-54-50-46-42-38-36-34-30-26-22-18-14-10-6-2)88(89)115-91-85(104)81(100)79(98)73(112-91)70-108-75(94)64-60-56-52-48-43-39-31-27-23-19-15-11-7-3/h40,45,71-73,78-92,97-104H,5-39,41-44,46-70H2,1-4H3,(H,105,106)/b45-40-. The van der Waals surface area contributed by atoms with E-state index < -0.39 is 162 Å². The first-order valence-corrected chi connectivity index (χ1v) is 48.9. The molecular weight excluding hydrogens is 1520 g/mol. The summed E-state index contributed by atoms with van der Waals surface area (Å²) in [6.07, 6.45) is 29.2. The van der Waals surface area contributed by atoms with Gasteiger partial charge >= 0.3 is 31.7 Å². The molecular formula is C91H169O25P. The van der Waals surface area contributed by atoms with Crippen molar-refractivity contribution in [2.24, 2.45) is 0 Å². The molecule has 3 rings (SSSR count). The van der Waals surface area contributed by atoms with Gasteiger partial charge in [-0.3, -0.25) is 28.2 Å². The quantitative estimate of drug-likeness (QED) is 0.00889. The summed E-state index contributed by atoms with van der Waals surface area (Å²) >= 11 is 0. The van der Waals surface area contributed by atoms with Crippen LogP contribution in [-0.4, -0.2) is 205 Å². The van der Waals surface area contributed by atoms with Gasteiger partial charge in [-0.05, 0) is 51.4 Å². The molecule has 1 aliphatic carbocycles. The second kappa shape index (κ2) is 70.5. The Balaban J connectivity index is 1.91. The number of unbranched alkanes of at least 4 members (excludes halogenated alkanes) is 51. The highest BCUT2D eigenvalue weighted by atomic mass is 31.2. The molecule has 688 valence electrons. The smallest absolute Gasteiger partial charge is 0.463 e. The molecule has 1 saturated carbocycles. The number of aliphatic hydroxyl groups excluding tert-OH is 9. The number of hydrogen-bond donors (Lipinski definition) is 10. The molecule has 2 heterocycles. The van der Waals surface area contributed by atoms with Gasteiger partial charge in [-0.15, -0.1) is 0 Å². The van der Waals surface area contributed by atoms with E-state index in [1.807, 2.05) is 0 Å². The molecule has 0 amide bonds. The predicted molar refractivity (Wildman–Crippen MR) is 453 cm³/mol. The number of rotatable bonds is 77. The van der Waals surface area contributed by atoms with Crippen molar-refractivity contribution in [2.45, 2.75) is 517 Å². The molecule has 3 aliphatic rings. The minimum absolute atomic E-state index is 0.0181. The number of hydrogen-bond acceptors (Lipinski definition) is 24. The zero-order valence-electron chi connectivity index (χ0n) is 73.3. The van der Waals surface area contributed by atoms with Crippen molar-refractivity contribution in [1.82, 2.24) is 0 Å². The molecule has 18 unspecified atom stereocenters.